The van der Waals surface area contributed by atoms with Gasteiger partial charge in [0.1, 0.15) is 11.6 Å². The summed E-state index contributed by atoms with van der Waals surface area (Å²) in [6.07, 6.45) is 1.03. The van der Waals surface area contributed by atoms with E-state index in [0.29, 0.717) is 5.75 Å². The van der Waals surface area contributed by atoms with E-state index in [2.05, 4.69) is 33.5 Å². The van der Waals surface area contributed by atoms with E-state index in [1.165, 1.54) is 0 Å². The first-order chi connectivity index (χ1) is 10.1. The molecule has 21 heavy (non-hydrogen) atoms. The molecule has 3 nitrogen and oxygen atoms in total. The van der Waals surface area contributed by atoms with Crippen molar-refractivity contribution in [2.45, 2.75) is 26.8 Å². The third-order valence-corrected chi connectivity index (χ3v) is 4.12. The first-order valence-corrected chi connectivity index (χ1v) is 7.85. The minimum absolute atomic E-state index is 0.309. The molecule has 0 atom stereocenters. The van der Waals surface area contributed by atoms with Crippen molar-refractivity contribution in [3.8, 4) is 17.1 Å². The van der Waals surface area contributed by atoms with Crippen LogP contribution < -0.4 is 0 Å². The van der Waals surface area contributed by atoms with Crippen LogP contribution in [-0.4, -0.2) is 14.7 Å². The fraction of sp³-hybridized carbons (Fsp3) is 0.235. The first-order valence-electron chi connectivity index (χ1n) is 7.06. The van der Waals surface area contributed by atoms with E-state index >= 15 is 0 Å². The summed E-state index contributed by atoms with van der Waals surface area (Å²) in [6.45, 7) is 4.95. The van der Waals surface area contributed by atoms with Crippen LogP contribution in [0.1, 0.15) is 18.9 Å². The van der Waals surface area contributed by atoms with E-state index in [1.54, 1.807) is 6.07 Å². The van der Waals surface area contributed by atoms with Crippen LogP contribution in [0.25, 0.3) is 22.4 Å². The van der Waals surface area contributed by atoms with Crippen LogP contribution in [0.4, 0.5) is 0 Å². The number of aromatic hydroxyl groups is 1. The minimum atomic E-state index is 0.309. The number of aromatic nitrogens is 2. The van der Waals surface area contributed by atoms with Gasteiger partial charge in [-0.1, -0.05) is 35.0 Å². The van der Waals surface area contributed by atoms with E-state index in [1.807, 2.05) is 31.2 Å². The van der Waals surface area contributed by atoms with Gasteiger partial charge in [-0.05, 0) is 43.2 Å². The second kappa shape index (κ2) is 5.53. The minimum Gasteiger partial charge on any atom is -0.508 e. The molecule has 0 unspecified atom stereocenters. The first kappa shape index (κ1) is 14.1. The Hall–Kier alpha value is -1.81. The second-order valence-corrected chi connectivity index (χ2v) is 6.14. The summed E-state index contributed by atoms with van der Waals surface area (Å²) in [5, 5.41) is 9.96. The molecule has 0 radical (unpaired) electrons. The summed E-state index contributed by atoms with van der Waals surface area (Å²) in [6, 6.07) is 11.9. The average molecular weight is 345 g/mol. The summed E-state index contributed by atoms with van der Waals surface area (Å²) >= 11 is 3.49. The molecule has 2 aromatic carbocycles. The standard InChI is InChI=1S/C17H17BrN2O/c1-3-8-20-15-7-6-13(18)10-14(15)19-17(20)12-5-4-11(2)16(21)9-12/h4-7,9-10,21H,3,8H2,1-2H3. The lowest BCUT2D eigenvalue weighted by molar-refractivity contribution is 0.471. The van der Waals surface area contributed by atoms with Crippen molar-refractivity contribution in [3.63, 3.8) is 0 Å². The highest BCUT2D eigenvalue weighted by Crippen LogP contribution is 2.30. The number of phenols is 1. The van der Waals surface area contributed by atoms with Gasteiger partial charge in [-0.3, -0.25) is 0 Å². The van der Waals surface area contributed by atoms with Gasteiger partial charge in [0.2, 0.25) is 0 Å². The molecule has 3 aromatic rings. The van der Waals surface area contributed by atoms with Crippen molar-refractivity contribution in [2.24, 2.45) is 0 Å². The molecule has 0 spiro atoms. The summed E-state index contributed by atoms with van der Waals surface area (Å²) in [5.74, 6) is 1.21. The molecule has 0 saturated carbocycles. The zero-order valence-corrected chi connectivity index (χ0v) is 13.7. The quantitative estimate of drug-likeness (QED) is 0.734. The molecule has 0 fully saturated rings. The number of hydrogen-bond acceptors (Lipinski definition) is 2. The molecule has 3 rings (SSSR count). The van der Waals surface area contributed by atoms with E-state index in [-0.39, 0.29) is 0 Å². The third kappa shape index (κ3) is 2.56. The van der Waals surface area contributed by atoms with Crippen molar-refractivity contribution in [1.82, 2.24) is 9.55 Å². The monoisotopic (exact) mass is 344 g/mol. The molecule has 1 heterocycles. The number of benzene rings is 2. The third-order valence-electron chi connectivity index (χ3n) is 3.62. The highest BCUT2D eigenvalue weighted by Gasteiger charge is 2.13. The molecule has 1 N–H and O–H groups in total. The van der Waals surface area contributed by atoms with Crippen LogP contribution in [0.5, 0.6) is 5.75 Å². The summed E-state index contributed by atoms with van der Waals surface area (Å²) < 4.78 is 3.24. The highest BCUT2D eigenvalue weighted by atomic mass is 79.9. The zero-order valence-electron chi connectivity index (χ0n) is 12.1. The molecule has 0 aliphatic heterocycles. The van der Waals surface area contributed by atoms with Gasteiger partial charge in [-0.15, -0.1) is 0 Å². The van der Waals surface area contributed by atoms with E-state index in [9.17, 15) is 5.11 Å². The molecular weight excluding hydrogens is 328 g/mol. The Morgan fingerprint density at radius 3 is 2.71 bits per heavy atom. The van der Waals surface area contributed by atoms with E-state index in [0.717, 1.165) is 45.4 Å². The maximum absolute atomic E-state index is 9.96. The fourth-order valence-electron chi connectivity index (χ4n) is 2.52. The molecule has 0 saturated heterocycles. The largest absolute Gasteiger partial charge is 0.508 e. The van der Waals surface area contributed by atoms with Crippen LogP contribution in [0.15, 0.2) is 40.9 Å². The Bertz CT molecular complexity index is 808. The lowest BCUT2D eigenvalue weighted by atomic mass is 10.1. The predicted octanol–water partition coefficient (Wildman–Crippen LogP) is 4.89. The maximum Gasteiger partial charge on any atom is 0.141 e. The molecule has 0 aliphatic rings. The van der Waals surface area contributed by atoms with Gasteiger partial charge >= 0.3 is 0 Å². The Morgan fingerprint density at radius 1 is 1.19 bits per heavy atom. The highest BCUT2D eigenvalue weighted by molar-refractivity contribution is 9.10. The van der Waals surface area contributed by atoms with Crippen molar-refractivity contribution in [3.05, 3.63) is 46.4 Å². The van der Waals surface area contributed by atoms with Crippen molar-refractivity contribution < 1.29 is 5.11 Å². The fourth-order valence-corrected chi connectivity index (χ4v) is 2.87. The molecule has 0 aliphatic carbocycles. The topological polar surface area (TPSA) is 38.0 Å². The number of halogens is 1. The Morgan fingerprint density at radius 2 is 2.00 bits per heavy atom. The smallest absolute Gasteiger partial charge is 0.141 e. The Balaban J connectivity index is 2.24. The predicted molar refractivity (Wildman–Crippen MR) is 89.6 cm³/mol. The second-order valence-electron chi connectivity index (χ2n) is 5.22. The summed E-state index contributed by atoms with van der Waals surface area (Å²) in [4.78, 5) is 4.75. The number of rotatable bonds is 3. The normalized spacial score (nSPS) is 11.2. The zero-order chi connectivity index (χ0) is 15.0. The maximum atomic E-state index is 9.96. The van der Waals surface area contributed by atoms with Gasteiger partial charge in [0.05, 0.1) is 11.0 Å². The van der Waals surface area contributed by atoms with Gasteiger partial charge in [0.15, 0.2) is 0 Å². The lowest BCUT2D eigenvalue weighted by Crippen LogP contribution is -1.99. The van der Waals surface area contributed by atoms with Gasteiger partial charge in [-0.2, -0.15) is 0 Å². The summed E-state index contributed by atoms with van der Waals surface area (Å²) in [5.41, 5.74) is 3.90. The molecule has 0 amide bonds. The lowest BCUT2D eigenvalue weighted by Gasteiger charge is -2.09. The van der Waals surface area contributed by atoms with Crippen LogP contribution in [-0.2, 0) is 6.54 Å². The number of nitrogens with zero attached hydrogens (tertiary/aromatic N) is 2. The van der Waals surface area contributed by atoms with E-state index < -0.39 is 0 Å². The number of imidazole rings is 1. The van der Waals surface area contributed by atoms with Crippen LogP contribution in [0.2, 0.25) is 0 Å². The number of fused-ring (bicyclic) bond motifs is 1. The number of hydrogen-bond donors (Lipinski definition) is 1. The summed E-state index contributed by atoms with van der Waals surface area (Å²) in [7, 11) is 0. The molecule has 108 valence electrons. The molecule has 4 heteroatoms. The van der Waals surface area contributed by atoms with Gasteiger partial charge < -0.3 is 9.67 Å². The molecule has 1 aromatic heterocycles. The molecule has 0 bridgehead atoms. The van der Waals surface area contributed by atoms with Gasteiger partial charge in [-0.25, -0.2) is 4.98 Å². The van der Waals surface area contributed by atoms with Crippen LogP contribution in [0.3, 0.4) is 0 Å². The SMILES string of the molecule is CCCn1c(-c2ccc(C)c(O)c2)nc2cc(Br)ccc21. The molecular formula is C17H17BrN2O. The van der Waals surface area contributed by atoms with Crippen LogP contribution in [0, 0.1) is 6.92 Å². The van der Waals surface area contributed by atoms with Crippen molar-refractivity contribution in [2.75, 3.05) is 0 Å². The average Bonchev–Trinajstić information content (AvgIpc) is 2.80. The Kier molecular flexibility index (Phi) is 3.72. The van der Waals surface area contributed by atoms with Crippen molar-refractivity contribution in [1.29, 1.82) is 0 Å². The number of phenolic OH excluding ortho intramolecular Hbond substituents is 1. The van der Waals surface area contributed by atoms with Gasteiger partial charge in [0, 0.05) is 16.6 Å². The van der Waals surface area contributed by atoms with E-state index in [4.69, 9.17) is 4.98 Å². The van der Waals surface area contributed by atoms with Gasteiger partial charge in [0.25, 0.3) is 0 Å². The Labute approximate surface area is 132 Å². The number of aryl methyl sites for hydroxylation is 2. The van der Waals surface area contributed by atoms with Crippen LogP contribution >= 0.6 is 15.9 Å². The van der Waals surface area contributed by atoms with Crippen molar-refractivity contribution >= 4 is 27.0 Å².